The van der Waals surface area contributed by atoms with Crippen LogP contribution >= 0.6 is 15.9 Å². The molecule has 0 fully saturated rings. The van der Waals surface area contributed by atoms with E-state index in [1.807, 2.05) is 0 Å². The third-order valence-electron chi connectivity index (χ3n) is 6.77. The number of methoxy groups -OCH3 is 1. The smallest absolute Gasteiger partial charge is 0.358 e. The topological polar surface area (TPSA) is 376 Å². The minimum atomic E-state index is -1.12. The molecule has 3 unspecified atom stereocenters. The number of carbonyl (C=O) groups is 1. The maximum atomic E-state index is 11.3. The highest BCUT2D eigenvalue weighted by Gasteiger charge is 2.19. The van der Waals surface area contributed by atoms with Crippen LogP contribution in [-0.2, 0) is 4.74 Å². The lowest BCUT2D eigenvalue weighted by atomic mass is 10.3. The first-order valence-corrected chi connectivity index (χ1v) is 14.9. The number of quaternary nitrogens is 3. The molecule has 8 heterocycles. The zero-order valence-corrected chi connectivity index (χ0v) is 27.5. The normalized spacial score (nSPS) is 12.6. The van der Waals surface area contributed by atoms with Crippen LogP contribution in [0.3, 0.4) is 0 Å². The molecule has 8 aromatic rings. The summed E-state index contributed by atoms with van der Waals surface area (Å²) >= 11 is 3.18. The Morgan fingerprint density at radius 1 is 0.673 bits per heavy atom. The molecule has 0 amide bonds. The van der Waals surface area contributed by atoms with E-state index in [1.165, 1.54) is 44.7 Å². The minimum absolute atomic E-state index is 0.00102. The highest BCUT2D eigenvalue weighted by Crippen LogP contribution is 2.22. The van der Waals surface area contributed by atoms with Crippen LogP contribution in [0.25, 0.3) is 44.1 Å². The summed E-state index contributed by atoms with van der Waals surface area (Å²) in [6.07, 6.45) is 10.6. The number of carbonyl (C=O) groups excluding carboxylic acids is 1. The second-order valence-corrected chi connectivity index (χ2v) is 10.5. The summed E-state index contributed by atoms with van der Waals surface area (Å²) in [5.41, 5.74) is 2.68. The number of hydrogen-bond donors (Lipinski definition) is 12. The van der Waals surface area contributed by atoms with Gasteiger partial charge in [0.2, 0.25) is 17.1 Å². The molecular weight excluding hydrogens is 762 g/mol. The molecule has 25 nitrogen and oxygen atoms in total. The summed E-state index contributed by atoms with van der Waals surface area (Å²) in [6, 6.07) is 1.75. The lowest BCUT2D eigenvalue weighted by Gasteiger charge is -2.08. The van der Waals surface area contributed by atoms with Crippen LogP contribution in [0.1, 0.15) is 10.5 Å². The van der Waals surface area contributed by atoms with Crippen LogP contribution in [-0.4, -0.2) is 88.5 Å². The second-order valence-electron chi connectivity index (χ2n) is 9.77. The number of nitrogens with one attached hydrogen (secondary N) is 9. The summed E-state index contributed by atoms with van der Waals surface area (Å²) in [6.45, 7) is 0. The van der Waals surface area contributed by atoms with Gasteiger partial charge < -0.3 is 50.3 Å². The fourth-order valence-corrected chi connectivity index (χ4v) is 4.82. The van der Waals surface area contributed by atoms with Gasteiger partial charge in [-0.15, -0.1) is 0 Å². The van der Waals surface area contributed by atoms with Crippen molar-refractivity contribution in [3.8, 4) is 0 Å². The first-order valence-electron chi connectivity index (χ1n) is 14.1. The van der Waals surface area contributed by atoms with Crippen LogP contribution in [0.2, 0.25) is 0 Å². The molecular formula is C26H24BrN15O10. The van der Waals surface area contributed by atoms with E-state index in [9.17, 15) is 30.0 Å². The van der Waals surface area contributed by atoms with Gasteiger partial charge in [0.05, 0.1) is 43.9 Å². The average molecular weight is 786 g/mol. The average Bonchev–Trinajstić information content (AvgIpc) is 3.94. The molecule has 26 heteroatoms. The van der Waals surface area contributed by atoms with Crippen LogP contribution in [0.4, 0.5) is 17.1 Å². The second kappa shape index (κ2) is 16.1. The molecule has 0 aliphatic heterocycles. The predicted octanol–water partition coefficient (Wildman–Crippen LogP) is -1.82. The quantitative estimate of drug-likeness (QED) is 0.0531. The van der Waals surface area contributed by atoms with E-state index in [4.69, 9.17) is 15.6 Å². The number of hydrogen-bond acceptors (Lipinski definition) is 16. The van der Waals surface area contributed by atoms with E-state index < -0.39 is 21.6 Å². The Morgan fingerprint density at radius 2 is 1.17 bits per heavy atom. The zero-order chi connectivity index (χ0) is 37.5. The summed E-state index contributed by atoms with van der Waals surface area (Å²) in [7, 11) is 1.22. The number of aromatic amines is 6. The Kier molecular flexibility index (Phi) is 11.5. The molecule has 0 aliphatic rings. The van der Waals surface area contributed by atoms with E-state index in [2.05, 4.69) is 80.5 Å². The summed E-state index contributed by atoms with van der Waals surface area (Å²) < 4.78 is 5.08. The van der Waals surface area contributed by atoms with Crippen molar-refractivity contribution in [1.29, 1.82) is 0 Å². The fourth-order valence-electron chi connectivity index (χ4n) is 4.42. The van der Waals surface area contributed by atoms with Gasteiger partial charge in [0, 0.05) is 6.20 Å². The van der Waals surface area contributed by atoms with Crippen molar-refractivity contribution >= 4 is 83.1 Å². The minimum Gasteiger partial charge on any atom is -0.595 e. The van der Waals surface area contributed by atoms with Gasteiger partial charge in [0.15, 0.2) is 22.2 Å². The van der Waals surface area contributed by atoms with Crippen molar-refractivity contribution in [2.24, 2.45) is 0 Å². The number of H-pyrrole nitrogens is 6. The SMILES string of the molecule is COC(=O)c1ncnc2c([NH+]([O-])O)c[nH]c12.O=c1[nH]cnc2c([NH+]([O-])O)c[nH]c12.O=c1[nH]cnc2cc[nH]c12.[O-][NH+](O)c1c[nH]c2c(Br)ncnc12. The highest BCUT2D eigenvalue weighted by atomic mass is 79.9. The zero-order valence-electron chi connectivity index (χ0n) is 26.0. The number of rotatable bonds is 4. The Balaban J connectivity index is 0.000000136. The predicted molar refractivity (Wildman–Crippen MR) is 178 cm³/mol. The molecule has 52 heavy (non-hydrogen) atoms. The highest BCUT2D eigenvalue weighted by molar-refractivity contribution is 9.10. The molecule has 0 bridgehead atoms. The van der Waals surface area contributed by atoms with Crippen molar-refractivity contribution in [3.63, 3.8) is 0 Å². The lowest BCUT2D eigenvalue weighted by molar-refractivity contribution is -0.990. The van der Waals surface area contributed by atoms with Gasteiger partial charge in [0.25, 0.3) is 11.1 Å². The third kappa shape index (κ3) is 7.85. The van der Waals surface area contributed by atoms with Gasteiger partial charge in [-0.3, -0.25) is 9.59 Å². The number of halogens is 1. The van der Waals surface area contributed by atoms with E-state index in [1.54, 1.807) is 12.3 Å². The Hall–Kier alpha value is -6.33. The maximum absolute atomic E-state index is 11.3. The Bertz CT molecular complexity index is 2570. The van der Waals surface area contributed by atoms with Gasteiger partial charge >= 0.3 is 5.97 Å². The first kappa shape index (κ1) is 36.9. The number of nitrogens with zero attached hydrogens (tertiary/aromatic N) is 6. The van der Waals surface area contributed by atoms with Crippen LogP contribution in [0, 0.1) is 15.6 Å². The van der Waals surface area contributed by atoms with Gasteiger partial charge in [-0.1, -0.05) is 0 Å². The van der Waals surface area contributed by atoms with E-state index in [-0.39, 0.29) is 55.9 Å². The van der Waals surface area contributed by atoms with Gasteiger partial charge in [-0.2, -0.15) is 15.7 Å². The fraction of sp³-hybridized carbons (Fsp3) is 0.0385. The van der Waals surface area contributed by atoms with Gasteiger partial charge in [-0.25, -0.2) is 50.3 Å². The number of esters is 1. The van der Waals surface area contributed by atoms with Crippen molar-refractivity contribution < 1.29 is 40.8 Å². The summed E-state index contributed by atoms with van der Waals surface area (Å²) in [5.74, 6) is -0.647. The largest absolute Gasteiger partial charge is 0.595 e. The molecule has 8 aromatic heterocycles. The van der Waals surface area contributed by atoms with E-state index in [0.29, 0.717) is 26.7 Å². The molecule has 0 saturated carbocycles. The molecule has 8 rings (SSSR count). The van der Waals surface area contributed by atoms with Gasteiger partial charge in [-0.05, 0) is 22.0 Å². The standard InChI is InChI=1S/C8H8N4O4.C6H5BrN4O2.C6H6N4O3.C6H5N3O/c1-16-8(13)7-6-5(10-3-11-7)4(2-9-6)12(14)15;7-6-5-4(9-2-10-6)3(1-8-5)11(12)13;11-6-5-4(8-2-9-6)3(1-7-5)10(12)13;10-6-5-4(1-2-7-5)8-3-9-6/h2-3,9,12,14H,1H3;1-2,8,11-12H;1-2,7,10,12H,(H,8,9,11);1-3,7H,(H,8,9,10). The molecule has 0 radical (unpaired) electrons. The van der Waals surface area contributed by atoms with Gasteiger partial charge in [0.1, 0.15) is 39.3 Å². The van der Waals surface area contributed by atoms with E-state index >= 15 is 0 Å². The molecule has 0 saturated heterocycles. The molecule has 0 aliphatic carbocycles. The van der Waals surface area contributed by atoms with Crippen LogP contribution in [0.15, 0.2) is 70.4 Å². The number of fused-ring (bicyclic) bond motifs is 4. The summed E-state index contributed by atoms with van der Waals surface area (Å²) in [5, 5.41) is 55.2. The molecule has 0 spiro atoms. The Labute approximate surface area is 293 Å². The van der Waals surface area contributed by atoms with Crippen LogP contribution in [0.5, 0.6) is 0 Å². The molecule has 0 aromatic carbocycles. The third-order valence-corrected chi connectivity index (χ3v) is 7.37. The monoisotopic (exact) mass is 785 g/mol. The maximum Gasteiger partial charge on any atom is 0.358 e. The number of ether oxygens (including phenoxy) is 1. The lowest BCUT2D eigenvalue weighted by Crippen LogP contribution is -2.99. The molecule has 3 atom stereocenters. The molecule has 270 valence electrons. The first-order chi connectivity index (χ1) is 24.9. The van der Waals surface area contributed by atoms with Crippen LogP contribution < -0.4 is 26.8 Å². The summed E-state index contributed by atoms with van der Waals surface area (Å²) in [4.78, 5) is 71.8. The van der Waals surface area contributed by atoms with E-state index in [0.717, 1.165) is 6.33 Å². The van der Waals surface area contributed by atoms with Crippen molar-refractivity contribution in [1.82, 2.24) is 59.8 Å². The van der Waals surface area contributed by atoms with Crippen molar-refractivity contribution in [2.45, 2.75) is 0 Å². The number of aromatic nitrogens is 12. The Morgan fingerprint density at radius 3 is 1.75 bits per heavy atom. The van der Waals surface area contributed by atoms with Crippen molar-refractivity contribution in [3.05, 3.63) is 103 Å². The molecule has 12 N–H and O–H groups in total. The van der Waals surface area contributed by atoms with Crippen molar-refractivity contribution in [2.75, 3.05) is 7.11 Å².